The highest BCUT2D eigenvalue weighted by atomic mass is 16.5. The van der Waals surface area contributed by atoms with Crippen molar-refractivity contribution in [1.82, 2.24) is 0 Å². The fourth-order valence-electron chi connectivity index (χ4n) is 2.46. The smallest absolute Gasteiger partial charge is 0.314 e. The number of benzene rings is 1. The first-order valence-corrected chi connectivity index (χ1v) is 5.94. The molecule has 2 atom stereocenters. The van der Waals surface area contributed by atoms with Gasteiger partial charge in [0.2, 0.25) is 0 Å². The van der Waals surface area contributed by atoms with Crippen LogP contribution in [0.25, 0.3) is 0 Å². The molecule has 5 heteroatoms. The van der Waals surface area contributed by atoms with Crippen LogP contribution in [0.2, 0.25) is 0 Å². The molecule has 0 heterocycles. The Balaban J connectivity index is 2.40. The number of aliphatic carboxylic acids is 1. The van der Waals surface area contributed by atoms with E-state index in [0.717, 1.165) is 0 Å². The average Bonchev–Trinajstić information content (AvgIpc) is 2.37. The van der Waals surface area contributed by atoms with Gasteiger partial charge in [0.05, 0.1) is 13.5 Å². The summed E-state index contributed by atoms with van der Waals surface area (Å²) in [6, 6.07) is 6.84. The molecule has 0 amide bonds. The van der Waals surface area contributed by atoms with E-state index >= 15 is 0 Å². The van der Waals surface area contributed by atoms with Gasteiger partial charge in [-0.25, -0.2) is 0 Å². The monoisotopic (exact) mass is 262 g/mol. The first-order chi connectivity index (χ1) is 9.02. The number of carboxylic acid groups (broad SMARTS) is 1. The van der Waals surface area contributed by atoms with Gasteiger partial charge in [-0.05, 0) is 17.7 Å². The van der Waals surface area contributed by atoms with Crippen molar-refractivity contribution in [3.8, 4) is 5.75 Å². The van der Waals surface area contributed by atoms with Gasteiger partial charge >= 0.3 is 5.97 Å². The second-order valence-corrected chi connectivity index (χ2v) is 4.58. The molecule has 2 rings (SSSR count). The number of hydrogen-bond acceptors (Lipinski definition) is 4. The average molecular weight is 262 g/mol. The zero-order chi connectivity index (χ0) is 14.0. The van der Waals surface area contributed by atoms with Crippen LogP contribution in [-0.2, 0) is 14.4 Å². The second kappa shape index (κ2) is 5.22. The van der Waals surface area contributed by atoms with Crippen molar-refractivity contribution in [2.24, 2.45) is 5.92 Å². The van der Waals surface area contributed by atoms with Crippen LogP contribution in [0.1, 0.15) is 24.3 Å². The maximum absolute atomic E-state index is 11.8. The normalized spacial score (nSPS) is 23.2. The summed E-state index contributed by atoms with van der Waals surface area (Å²) in [6.07, 6.45) is -0.201. The predicted octanol–water partition coefficient (Wildman–Crippen LogP) is 1.41. The van der Waals surface area contributed by atoms with Gasteiger partial charge in [-0.2, -0.15) is 0 Å². The first-order valence-electron chi connectivity index (χ1n) is 5.94. The van der Waals surface area contributed by atoms with Gasteiger partial charge in [-0.3, -0.25) is 14.4 Å². The van der Waals surface area contributed by atoms with Crippen molar-refractivity contribution in [1.29, 1.82) is 0 Å². The summed E-state index contributed by atoms with van der Waals surface area (Å²) in [5, 5.41) is 9.19. The maximum atomic E-state index is 11.8. The molecule has 0 aromatic heterocycles. The molecule has 1 fully saturated rings. The third-order valence-corrected chi connectivity index (χ3v) is 3.36. The number of methoxy groups -OCH3 is 1. The minimum Gasteiger partial charge on any atom is -0.497 e. The standard InChI is InChI=1S/C14H14O5/c1-19-10-4-2-3-8(5-10)11-6-9(15)7-12(16)13(11)14(17)18/h2-5,11,13H,6-7H2,1H3,(H,17,18). The third-order valence-electron chi connectivity index (χ3n) is 3.36. The molecule has 100 valence electrons. The van der Waals surface area contributed by atoms with Crippen LogP contribution in [0.5, 0.6) is 5.75 Å². The molecular formula is C14H14O5. The van der Waals surface area contributed by atoms with E-state index in [-0.39, 0.29) is 18.6 Å². The SMILES string of the molecule is COc1cccc(C2CC(=O)CC(=O)C2C(=O)O)c1. The van der Waals surface area contributed by atoms with E-state index in [1.165, 1.54) is 7.11 Å². The van der Waals surface area contributed by atoms with Crippen LogP contribution < -0.4 is 4.74 Å². The Morgan fingerprint density at radius 3 is 2.74 bits per heavy atom. The van der Waals surface area contributed by atoms with E-state index in [1.54, 1.807) is 24.3 Å². The molecular weight excluding hydrogens is 248 g/mol. The number of carbonyl (C=O) groups is 3. The lowest BCUT2D eigenvalue weighted by Crippen LogP contribution is -2.37. The Morgan fingerprint density at radius 2 is 2.11 bits per heavy atom. The molecule has 1 saturated carbocycles. The summed E-state index contributed by atoms with van der Waals surface area (Å²) in [5.74, 6) is -3.09. The van der Waals surface area contributed by atoms with Crippen molar-refractivity contribution in [2.45, 2.75) is 18.8 Å². The minimum atomic E-state index is -1.18. The molecule has 0 aliphatic heterocycles. The van der Waals surface area contributed by atoms with Gasteiger partial charge in [0.15, 0.2) is 5.78 Å². The Kier molecular flexibility index (Phi) is 3.64. The zero-order valence-corrected chi connectivity index (χ0v) is 10.5. The van der Waals surface area contributed by atoms with E-state index in [1.807, 2.05) is 0 Å². The van der Waals surface area contributed by atoms with E-state index in [0.29, 0.717) is 11.3 Å². The molecule has 0 radical (unpaired) electrons. The largest absolute Gasteiger partial charge is 0.497 e. The number of hydrogen-bond donors (Lipinski definition) is 1. The van der Waals surface area contributed by atoms with Gasteiger partial charge in [-0.15, -0.1) is 0 Å². The van der Waals surface area contributed by atoms with Gasteiger partial charge in [-0.1, -0.05) is 12.1 Å². The Labute approximate surface area is 110 Å². The molecule has 1 aliphatic rings. The van der Waals surface area contributed by atoms with Crippen molar-refractivity contribution < 1.29 is 24.2 Å². The second-order valence-electron chi connectivity index (χ2n) is 4.58. The van der Waals surface area contributed by atoms with Crippen molar-refractivity contribution >= 4 is 17.5 Å². The third kappa shape index (κ3) is 2.65. The molecule has 1 aliphatic carbocycles. The van der Waals surface area contributed by atoms with Gasteiger partial charge in [0.1, 0.15) is 17.5 Å². The molecule has 0 bridgehead atoms. The molecule has 0 saturated heterocycles. The fraction of sp³-hybridized carbons (Fsp3) is 0.357. The lowest BCUT2D eigenvalue weighted by Gasteiger charge is -2.27. The number of carboxylic acids is 1. The van der Waals surface area contributed by atoms with Crippen LogP contribution in [0.3, 0.4) is 0 Å². The highest BCUT2D eigenvalue weighted by molar-refractivity contribution is 6.10. The van der Waals surface area contributed by atoms with Crippen LogP contribution in [0.15, 0.2) is 24.3 Å². The van der Waals surface area contributed by atoms with Crippen molar-refractivity contribution in [2.75, 3.05) is 7.11 Å². The Bertz CT molecular complexity index is 534. The lowest BCUT2D eigenvalue weighted by atomic mass is 9.74. The molecule has 0 spiro atoms. The van der Waals surface area contributed by atoms with Crippen LogP contribution >= 0.6 is 0 Å². The molecule has 2 unspecified atom stereocenters. The molecule has 1 aromatic rings. The number of ketones is 2. The van der Waals surface area contributed by atoms with Crippen LogP contribution in [0.4, 0.5) is 0 Å². The van der Waals surface area contributed by atoms with Crippen molar-refractivity contribution in [3.63, 3.8) is 0 Å². The minimum absolute atomic E-state index is 0.0792. The summed E-state index contributed by atoms with van der Waals surface area (Å²) < 4.78 is 5.08. The van der Waals surface area contributed by atoms with E-state index in [4.69, 9.17) is 4.74 Å². The highest BCUT2D eigenvalue weighted by Gasteiger charge is 2.41. The maximum Gasteiger partial charge on any atom is 0.314 e. The molecule has 19 heavy (non-hydrogen) atoms. The molecule has 1 N–H and O–H groups in total. The van der Waals surface area contributed by atoms with Gasteiger partial charge in [0, 0.05) is 12.3 Å². The summed E-state index contributed by atoms with van der Waals surface area (Å²) in [7, 11) is 1.50. The van der Waals surface area contributed by atoms with Gasteiger partial charge in [0.25, 0.3) is 0 Å². The summed E-state index contributed by atoms with van der Waals surface area (Å²) in [6.45, 7) is 0. The van der Waals surface area contributed by atoms with Crippen LogP contribution in [-0.4, -0.2) is 29.8 Å². The van der Waals surface area contributed by atoms with E-state index < -0.39 is 23.6 Å². The van der Waals surface area contributed by atoms with Gasteiger partial charge < -0.3 is 9.84 Å². The number of ether oxygens (including phenoxy) is 1. The fourth-order valence-corrected chi connectivity index (χ4v) is 2.46. The summed E-state index contributed by atoms with van der Waals surface area (Å²) in [5.41, 5.74) is 0.646. The van der Waals surface area contributed by atoms with Crippen LogP contribution in [0, 0.1) is 5.92 Å². The number of carbonyl (C=O) groups excluding carboxylic acids is 2. The topological polar surface area (TPSA) is 80.7 Å². The van der Waals surface area contributed by atoms with E-state index in [9.17, 15) is 19.5 Å². The summed E-state index contributed by atoms with van der Waals surface area (Å²) in [4.78, 5) is 34.5. The quantitative estimate of drug-likeness (QED) is 0.833. The first kappa shape index (κ1) is 13.3. The van der Waals surface area contributed by atoms with E-state index in [2.05, 4.69) is 0 Å². The molecule has 1 aromatic carbocycles. The highest BCUT2D eigenvalue weighted by Crippen LogP contribution is 2.35. The predicted molar refractivity (Wildman–Crippen MR) is 66.1 cm³/mol. The summed E-state index contributed by atoms with van der Waals surface area (Å²) >= 11 is 0. The number of Topliss-reactive ketones (excluding diaryl/α,β-unsaturated/α-hetero) is 2. The Hall–Kier alpha value is -2.17. The lowest BCUT2D eigenvalue weighted by molar-refractivity contribution is -0.149. The Morgan fingerprint density at radius 1 is 1.37 bits per heavy atom. The zero-order valence-electron chi connectivity index (χ0n) is 10.5. The molecule has 5 nitrogen and oxygen atoms in total. The number of rotatable bonds is 3. The van der Waals surface area contributed by atoms with Crippen molar-refractivity contribution in [3.05, 3.63) is 29.8 Å².